The quantitative estimate of drug-likeness (QED) is 0.632. The van der Waals surface area contributed by atoms with Crippen LogP contribution < -0.4 is 0 Å². The Labute approximate surface area is 171 Å². The Bertz CT molecular complexity index is 1040. The first-order valence-electron chi connectivity index (χ1n) is 9.61. The maximum Gasteiger partial charge on any atom is 0.416 e. The van der Waals surface area contributed by atoms with Gasteiger partial charge in [0.1, 0.15) is 0 Å². The SMILES string of the molecule is O=C(c1ccncc1)N1CCC[C@@H](c2cncc(-c3cccc(C(F)(F)F)c3)n2)C1. The highest BCUT2D eigenvalue weighted by molar-refractivity contribution is 5.94. The molecule has 0 N–H and O–H groups in total. The number of rotatable bonds is 3. The van der Waals surface area contributed by atoms with Gasteiger partial charge < -0.3 is 4.90 Å². The van der Waals surface area contributed by atoms with Gasteiger partial charge in [0.15, 0.2) is 0 Å². The number of benzene rings is 1. The zero-order valence-corrected chi connectivity index (χ0v) is 16.0. The van der Waals surface area contributed by atoms with Crippen LogP contribution in [0.5, 0.6) is 0 Å². The third-order valence-electron chi connectivity index (χ3n) is 5.19. The fourth-order valence-electron chi connectivity index (χ4n) is 3.65. The molecule has 3 heterocycles. The van der Waals surface area contributed by atoms with Crippen molar-refractivity contribution in [3.63, 3.8) is 0 Å². The zero-order chi connectivity index (χ0) is 21.1. The minimum Gasteiger partial charge on any atom is -0.338 e. The molecule has 1 aliphatic rings. The highest BCUT2D eigenvalue weighted by Crippen LogP contribution is 2.32. The normalized spacial score (nSPS) is 17.0. The lowest BCUT2D eigenvalue weighted by atomic mass is 9.94. The van der Waals surface area contributed by atoms with Crippen molar-refractivity contribution in [1.29, 1.82) is 0 Å². The Morgan fingerprint density at radius 1 is 1.07 bits per heavy atom. The maximum atomic E-state index is 13.0. The van der Waals surface area contributed by atoms with Gasteiger partial charge in [-0.05, 0) is 37.1 Å². The van der Waals surface area contributed by atoms with Gasteiger partial charge in [0.25, 0.3) is 5.91 Å². The Balaban J connectivity index is 1.56. The van der Waals surface area contributed by atoms with E-state index in [4.69, 9.17) is 0 Å². The fourth-order valence-corrected chi connectivity index (χ4v) is 3.65. The predicted octanol–water partition coefficient (Wildman–Crippen LogP) is 4.58. The molecule has 0 spiro atoms. The summed E-state index contributed by atoms with van der Waals surface area (Å²) in [7, 11) is 0. The zero-order valence-electron chi connectivity index (χ0n) is 16.0. The Kier molecular flexibility index (Phi) is 5.48. The van der Waals surface area contributed by atoms with Gasteiger partial charge in [0.05, 0.1) is 23.1 Å². The molecule has 2 aromatic heterocycles. The average molecular weight is 412 g/mol. The lowest BCUT2D eigenvalue weighted by Crippen LogP contribution is -2.39. The maximum absolute atomic E-state index is 13.0. The largest absolute Gasteiger partial charge is 0.416 e. The van der Waals surface area contributed by atoms with E-state index in [9.17, 15) is 18.0 Å². The summed E-state index contributed by atoms with van der Waals surface area (Å²) in [4.78, 5) is 27.2. The van der Waals surface area contributed by atoms with Crippen molar-refractivity contribution in [1.82, 2.24) is 19.9 Å². The molecule has 5 nitrogen and oxygen atoms in total. The van der Waals surface area contributed by atoms with Crippen molar-refractivity contribution in [3.8, 4) is 11.3 Å². The lowest BCUT2D eigenvalue weighted by molar-refractivity contribution is -0.137. The van der Waals surface area contributed by atoms with E-state index in [2.05, 4.69) is 15.0 Å². The van der Waals surface area contributed by atoms with Crippen LogP contribution in [0.1, 0.15) is 40.4 Å². The molecule has 0 unspecified atom stereocenters. The summed E-state index contributed by atoms with van der Waals surface area (Å²) in [6, 6.07) is 8.42. The van der Waals surface area contributed by atoms with Crippen LogP contribution in [-0.2, 0) is 6.18 Å². The first-order chi connectivity index (χ1) is 14.4. The van der Waals surface area contributed by atoms with Crippen LogP contribution in [0.15, 0.2) is 61.2 Å². The van der Waals surface area contributed by atoms with Crippen LogP contribution in [0, 0.1) is 0 Å². The molecule has 1 aliphatic heterocycles. The number of pyridine rings is 1. The summed E-state index contributed by atoms with van der Waals surface area (Å²) in [6.45, 7) is 1.14. The van der Waals surface area contributed by atoms with Crippen LogP contribution in [-0.4, -0.2) is 38.8 Å². The van der Waals surface area contributed by atoms with Crippen molar-refractivity contribution in [2.75, 3.05) is 13.1 Å². The molecule has 0 aliphatic carbocycles. The van der Waals surface area contributed by atoms with Gasteiger partial charge in [-0.3, -0.25) is 14.8 Å². The third-order valence-corrected chi connectivity index (χ3v) is 5.19. The second kappa shape index (κ2) is 8.22. The standard InChI is InChI=1S/C22H19F3N4O/c23-22(24,25)18-5-1-3-16(11-18)19-12-27-13-20(28-19)17-4-2-10-29(14-17)21(30)15-6-8-26-9-7-15/h1,3,5-9,11-13,17H,2,4,10,14H2/t17-/m1/s1. The molecule has 8 heteroatoms. The number of carbonyl (C=O) groups is 1. The van der Waals surface area contributed by atoms with Gasteiger partial charge in [-0.2, -0.15) is 13.2 Å². The van der Waals surface area contributed by atoms with Crippen molar-refractivity contribution in [2.45, 2.75) is 24.9 Å². The molecule has 1 atom stereocenters. The number of carbonyl (C=O) groups excluding carboxylic acids is 1. The number of hydrogen-bond acceptors (Lipinski definition) is 4. The highest BCUT2D eigenvalue weighted by Gasteiger charge is 2.31. The van der Waals surface area contributed by atoms with E-state index in [-0.39, 0.29) is 11.8 Å². The number of alkyl halides is 3. The van der Waals surface area contributed by atoms with Crippen LogP contribution >= 0.6 is 0 Å². The van der Waals surface area contributed by atoms with E-state index in [0.717, 1.165) is 25.0 Å². The first kappa shape index (κ1) is 20.0. The van der Waals surface area contributed by atoms with E-state index < -0.39 is 11.7 Å². The lowest BCUT2D eigenvalue weighted by Gasteiger charge is -2.32. The van der Waals surface area contributed by atoms with Crippen molar-refractivity contribution in [3.05, 3.63) is 78.0 Å². The predicted molar refractivity (Wildman–Crippen MR) is 105 cm³/mol. The summed E-state index contributed by atoms with van der Waals surface area (Å²) in [6.07, 6.45) is 3.48. The summed E-state index contributed by atoms with van der Waals surface area (Å²) in [5, 5.41) is 0. The molecule has 30 heavy (non-hydrogen) atoms. The van der Waals surface area contributed by atoms with Crippen molar-refractivity contribution >= 4 is 5.91 Å². The van der Waals surface area contributed by atoms with Gasteiger partial charge in [-0.15, -0.1) is 0 Å². The molecular formula is C22H19F3N4O. The number of amides is 1. The summed E-state index contributed by atoms with van der Waals surface area (Å²) >= 11 is 0. The van der Waals surface area contributed by atoms with Crippen molar-refractivity contribution in [2.24, 2.45) is 0 Å². The van der Waals surface area contributed by atoms with Gasteiger partial charge in [-0.1, -0.05) is 12.1 Å². The minimum atomic E-state index is -4.42. The smallest absolute Gasteiger partial charge is 0.338 e. The molecule has 0 radical (unpaired) electrons. The van der Waals surface area contributed by atoms with E-state index >= 15 is 0 Å². The number of aromatic nitrogens is 3. The molecule has 3 aromatic rings. The monoisotopic (exact) mass is 412 g/mol. The van der Waals surface area contributed by atoms with E-state index in [0.29, 0.717) is 35.6 Å². The minimum absolute atomic E-state index is 0.0252. The van der Waals surface area contributed by atoms with E-state index in [1.54, 1.807) is 41.7 Å². The molecule has 154 valence electrons. The second-order valence-corrected chi connectivity index (χ2v) is 7.23. The number of nitrogens with zero attached hydrogens (tertiary/aromatic N) is 4. The van der Waals surface area contributed by atoms with Gasteiger partial charge in [0.2, 0.25) is 0 Å². The number of likely N-dealkylation sites (tertiary alicyclic amines) is 1. The Hall–Kier alpha value is -3.29. The van der Waals surface area contributed by atoms with Gasteiger partial charge in [-0.25, -0.2) is 4.98 Å². The number of halogens is 3. The van der Waals surface area contributed by atoms with Crippen LogP contribution in [0.2, 0.25) is 0 Å². The highest BCUT2D eigenvalue weighted by atomic mass is 19.4. The molecule has 0 saturated carbocycles. The first-order valence-corrected chi connectivity index (χ1v) is 9.61. The molecule has 1 amide bonds. The summed E-state index contributed by atoms with van der Waals surface area (Å²) < 4.78 is 39.1. The topological polar surface area (TPSA) is 59.0 Å². The molecule has 1 aromatic carbocycles. The average Bonchev–Trinajstić information content (AvgIpc) is 2.79. The van der Waals surface area contributed by atoms with Crippen LogP contribution in [0.4, 0.5) is 13.2 Å². The number of piperidine rings is 1. The molecule has 0 bridgehead atoms. The fraction of sp³-hybridized carbons (Fsp3) is 0.273. The van der Waals surface area contributed by atoms with E-state index in [1.165, 1.54) is 12.3 Å². The molecular weight excluding hydrogens is 393 g/mol. The van der Waals surface area contributed by atoms with Gasteiger partial charge >= 0.3 is 6.18 Å². The second-order valence-electron chi connectivity index (χ2n) is 7.23. The van der Waals surface area contributed by atoms with Crippen LogP contribution in [0.3, 0.4) is 0 Å². The summed E-state index contributed by atoms with van der Waals surface area (Å²) in [5.74, 6) is -0.0909. The Morgan fingerprint density at radius 2 is 1.87 bits per heavy atom. The molecule has 1 saturated heterocycles. The van der Waals surface area contributed by atoms with E-state index in [1.807, 2.05) is 0 Å². The summed E-state index contributed by atoms with van der Waals surface area (Å²) in [5.41, 5.74) is 1.28. The Morgan fingerprint density at radius 3 is 2.63 bits per heavy atom. The molecule has 1 fully saturated rings. The van der Waals surface area contributed by atoms with Crippen LogP contribution in [0.25, 0.3) is 11.3 Å². The van der Waals surface area contributed by atoms with Gasteiger partial charge in [0, 0.05) is 48.7 Å². The number of hydrogen-bond donors (Lipinski definition) is 0. The van der Waals surface area contributed by atoms with Crippen molar-refractivity contribution < 1.29 is 18.0 Å². The third kappa shape index (κ3) is 4.32. The molecule has 4 rings (SSSR count).